The number of ketones is 1. The predicted octanol–water partition coefficient (Wildman–Crippen LogP) is 2.09. The Morgan fingerprint density at radius 3 is 2.48 bits per heavy atom. The topological polar surface area (TPSA) is 75.7 Å². The maximum absolute atomic E-state index is 14.2. The van der Waals surface area contributed by atoms with Crippen LogP contribution in [0.2, 0.25) is 0 Å². The highest BCUT2D eigenvalue weighted by Gasteiger charge is 2.71. The Morgan fingerprint density at radius 1 is 1.30 bits per heavy atom. The standard InChI is InChI=1S/C18H23F3N2O4/c1-10(24)22-17(18(19,20)21)14-12(7-16(2,3)8-13(14)25)23(15(17)26)9-11-5-4-6-27-11/h11H,4-9H2,1-3H3,(H,22,24)/t11-,17+/m1/s1. The normalized spacial score (nSPS) is 30.7. The molecule has 0 radical (unpaired) electrons. The molecule has 0 aromatic rings. The molecule has 2 aliphatic heterocycles. The summed E-state index contributed by atoms with van der Waals surface area (Å²) >= 11 is 0. The van der Waals surface area contributed by atoms with Crippen LogP contribution in [0.1, 0.15) is 46.5 Å². The molecule has 0 bridgehead atoms. The van der Waals surface area contributed by atoms with Crippen LogP contribution in [0.4, 0.5) is 13.2 Å². The van der Waals surface area contributed by atoms with E-state index >= 15 is 0 Å². The van der Waals surface area contributed by atoms with E-state index in [4.69, 9.17) is 4.74 Å². The van der Waals surface area contributed by atoms with Gasteiger partial charge in [0.25, 0.3) is 5.91 Å². The summed E-state index contributed by atoms with van der Waals surface area (Å²) in [4.78, 5) is 38.4. The smallest absolute Gasteiger partial charge is 0.376 e. The second kappa shape index (κ2) is 6.32. The molecule has 1 fully saturated rings. The molecule has 0 aromatic heterocycles. The number of carbonyl (C=O) groups excluding carboxylic acids is 3. The Kier molecular flexibility index (Phi) is 4.65. The molecule has 0 spiro atoms. The fourth-order valence-corrected chi connectivity index (χ4v) is 4.27. The number of nitrogens with zero attached hydrogens (tertiary/aromatic N) is 1. The van der Waals surface area contributed by atoms with Gasteiger partial charge in [-0.05, 0) is 24.7 Å². The van der Waals surface area contributed by atoms with Gasteiger partial charge in [-0.1, -0.05) is 13.8 Å². The van der Waals surface area contributed by atoms with E-state index in [2.05, 4.69) is 0 Å². The lowest BCUT2D eigenvalue weighted by Crippen LogP contribution is -2.66. The molecule has 1 saturated heterocycles. The molecule has 6 nitrogen and oxygen atoms in total. The van der Waals surface area contributed by atoms with Crippen LogP contribution in [0, 0.1) is 5.41 Å². The first-order valence-electron chi connectivity index (χ1n) is 8.95. The van der Waals surface area contributed by atoms with E-state index in [1.54, 1.807) is 19.2 Å². The van der Waals surface area contributed by atoms with Gasteiger partial charge in [-0.3, -0.25) is 14.4 Å². The zero-order chi connectivity index (χ0) is 20.2. The van der Waals surface area contributed by atoms with Gasteiger partial charge >= 0.3 is 6.18 Å². The Morgan fingerprint density at radius 2 is 1.96 bits per heavy atom. The van der Waals surface area contributed by atoms with E-state index < -0.39 is 40.3 Å². The SMILES string of the molecule is CC(=O)N[C@]1(C(F)(F)F)C(=O)N(C[C@H]2CCCO2)C2=C1C(=O)CC(C)(C)C2. The van der Waals surface area contributed by atoms with Crippen molar-refractivity contribution in [1.82, 2.24) is 10.2 Å². The van der Waals surface area contributed by atoms with E-state index in [-0.39, 0.29) is 31.2 Å². The van der Waals surface area contributed by atoms with Crippen LogP contribution in [-0.4, -0.2) is 53.5 Å². The van der Waals surface area contributed by atoms with Gasteiger partial charge in [-0.2, -0.15) is 13.2 Å². The van der Waals surface area contributed by atoms with Gasteiger partial charge in [0, 0.05) is 25.6 Å². The van der Waals surface area contributed by atoms with E-state index in [1.165, 1.54) is 0 Å². The van der Waals surface area contributed by atoms with Crippen LogP contribution in [0.25, 0.3) is 0 Å². The number of hydrogen-bond acceptors (Lipinski definition) is 4. The highest BCUT2D eigenvalue weighted by atomic mass is 19.4. The Labute approximate surface area is 155 Å². The number of amides is 2. The zero-order valence-electron chi connectivity index (χ0n) is 15.5. The molecule has 0 aromatic carbocycles. The van der Waals surface area contributed by atoms with Crippen LogP contribution in [0.15, 0.2) is 11.3 Å². The summed E-state index contributed by atoms with van der Waals surface area (Å²) in [5, 5.41) is 1.78. The van der Waals surface area contributed by atoms with Crippen molar-refractivity contribution < 1.29 is 32.3 Å². The van der Waals surface area contributed by atoms with Crippen molar-refractivity contribution in [2.24, 2.45) is 5.41 Å². The molecule has 2 heterocycles. The third-order valence-electron chi connectivity index (χ3n) is 5.32. The van der Waals surface area contributed by atoms with E-state index in [1.807, 2.05) is 0 Å². The number of alkyl halides is 3. The van der Waals surface area contributed by atoms with Gasteiger partial charge in [0.2, 0.25) is 11.4 Å². The molecule has 9 heteroatoms. The predicted molar refractivity (Wildman–Crippen MR) is 88.3 cm³/mol. The van der Waals surface area contributed by atoms with Crippen molar-refractivity contribution in [2.75, 3.05) is 13.2 Å². The number of hydrogen-bond donors (Lipinski definition) is 1. The first kappa shape index (κ1) is 19.9. The third-order valence-corrected chi connectivity index (χ3v) is 5.32. The van der Waals surface area contributed by atoms with Crippen molar-refractivity contribution in [3.63, 3.8) is 0 Å². The summed E-state index contributed by atoms with van der Waals surface area (Å²) in [5.74, 6) is -3.10. The second-order valence-corrected chi connectivity index (χ2v) is 8.24. The molecular formula is C18H23F3N2O4. The van der Waals surface area contributed by atoms with Gasteiger partial charge < -0.3 is 15.0 Å². The summed E-state index contributed by atoms with van der Waals surface area (Å²) < 4.78 is 48.0. The molecule has 1 N–H and O–H groups in total. The highest BCUT2D eigenvalue weighted by Crippen LogP contribution is 2.51. The van der Waals surface area contributed by atoms with Crippen molar-refractivity contribution in [1.29, 1.82) is 0 Å². The molecule has 2 atom stereocenters. The summed E-state index contributed by atoms with van der Waals surface area (Å²) in [6, 6.07) is 0. The van der Waals surface area contributed by atoms with Gasteiger partial charge in [0.05, 0.1) is 18.2 Å². The highest BCUT2D eigenvalue weighted by molar-refractivity contribution is 6.13. The van der Waals surface area contributed by atoms with E-state index in [0.717, 1.165) is 18.2 Å². The van der Waals surface area contributed by atoms with Crippen molar-refractivity contribution in [3.8, 4) is 0 Å². The minimum atomic E-state index is -5.14. The number of halogens is 3. The summed E-state index contributed by atoms with van der Waals surface area (Å²) in [6.07, 6.45) is -4.11. The number of rotatable bonds is 3. The first-order chi connectivity index (χ1) is 12.4. The average Bonchev–Trinajstić information content (AvgIpc) is 3.06. The number of ether oxygens (including phenoxy) is 1. The van der Waals surface area contributed by atoms with Crippen molar-refractivity contribution in [2.45, 2.75) is 64.3 Å². The van der Waals surface area contributed by atoms with Crippen molar-refractivity contribution in [3.05, 3.63) is 11.3 Å². The quantitative estimate of drug-likeness (QED) is 0.803. The second-order valence-electron chi connectivity index (χ2n) is 8.24. The van der Waals surface area contributed by atoms with Crippen LogP contribution >= 0.6 is 0 Å². The monoisotopic (exact) mass is 388 g/mol. The molecule has 2 amide bonds. The number of carbonyl (C=O) groups is 3. The molecule has 27 heavy (non-hydrogen) atoms. The Bertz CT molecular complexity index is 723. The maximum atomic E-state index is 14.2. The van der Waals surface area contributed by atoms with Gasteiger partial charge in [-0.25, -0.2) is 0 Å². The maximum Gasteiger partial charge on any atom is 0.425 e. The molecule has 1 aliphatic carbocycles. The third kappa shape index (κ3) is 3.15. The van der Waals surface area contributed by atoms with Crippen LogP contribution < -0.4 is 5.32 Å². The summed E-state index contributed by atoms with van der Waals surface area (Å²) in [5.41, 5.74) is -4.47. The lowest BCUT2D eigenvalue weighted by atomic mass is 9.72. The van der Waals surface area contributed by atoms with Gasteiger partial charge in [0.1, 0.15) is 0 Å². The molecule has 0 saturated carbocycles. The number of nitrogens with one attached hydrogen (secondary N) is 1. The summed E-state index contributed by atoms with van der Waals surface area (Å²) in [7, 11) is 0. The van der Waals surface area contributed by atoms with Crippen LogP contribution in [0.5, 0.6) is 0 Å². The average molecular weight is 388 g/mol. The fraction of sp³-hybridized carbons (Fsp3) is 0.722. The molecule has 3 rings (SSSR count). The molecular weight excluding hydrogens is 365 g/mol. The van der Waals surface area contributed by atoms with Crippen LogP contribution in [0.3, 0.4) is 0 Å². The lowest BCUT2D eigenvalue weighted by molar-refractivity contribution is -0.194. The Hall–Kier alpha value is -1.90. The van der Waals surface area contributed by atoms with Crippen molar-refractivity contribution >= 4 is 17.6 Å². The van der Waals surface area contributed by atoms with E-state index in [9.17, 15) is 27.6 Å². The van der Waals surface area contributed by atoms with E-state index in [0.29, 0.717) is 13.0 Å². The number of Topliss-reactive ketones (excluding diaryl/α,β-unsaturated/α-hetero) is 1. The molecule has 150 valence electrons. The molecule has 0 unspecified atom stereocenters. The Balaban J connectivity index is 2.16. The minimum Gasteiger partial charge on any atom is -0.376 e. The lowest BCUT2D eigenvalue weighted by Gasteiger charge is -2.35. The van der Waals surface area contributed by atoms with Gasteiger partial charge in [0.15, 0.2) is 5.78 Å². The van der Waals surface area contributed by atoms with Crippen LogP contribution in [-0.2, 0) is 19.1 Å². The minimum absolute atomic E-state index is 0.0571. The van der Waals surface area contributed by atoms with Gasteiger partial charge in [-0.15, -0.1) is 0 Å². The number of allylic oxidation sites excluding steroid dienone is 1. The largest absolute Gasteiger partial charge is 0.425 e. The summed E-state index contributed by atoms with van der Waals surface area (Å²) in [6.45, 7) is 4.88. The molecule has 3 aliphatic rings. The fourth-order valence-electron chi connectivity index (χ4n) is 4.27. The zero-order valence-corrected chi connectivity index (χ0v) is 15.5. The first-order valence-corrected chi connectivity index (χ1v) is 8.95.